The Morgan fingerprint density at radius 1 is 1.50 bits per heavy atom. The fourth-order valence-electron chi connectivity index (χ4n) is 2.12. The van der Waals surface area contributed by atoms with Crippen LogP contribution in [0.5, 0.6) is 0 Å². The Hall–Kier alpha value is -1.01. The van der Waals surface area contributed by atoms with Crippen LogP contribution in [0.25, 0.3) is 0 Å². The molecule has 1 aromatic rings. The van der Waals surface area contributed by atoms with Crippen molar-refractivity contribution >= 4 is 17.4 Å². The van der Waals surface area contributed by atoms with Crippen LogP contribution in [0, 0.1) is 0 Å². The van der Waals surface area contributed by atoms with E-state index in [0.29, 0.717) is 4.88 Å². The average Bonchev–Trinajstić information content (AvgIpc) is 2.84. The lowest BCUT2D eigenvalue weighted by Gasteiger charge is -2.36. The molecule has 6 heteroatoms. The van der Waals surface area contributed by atoms with Gasteiger partial charge in [0.25, 0.3) is 5.91 Å². The summed E-state index contributed by atoms with van der Waals surface area (Å²) in [4.78, 5) is 12.3. The Morgan fingerprint density at radius 2 is 2.25 bits per heavy atom. The molecule has 0 unspecified atom stereocenters. The first-order valence-corrected chi connectivity index (χ1v) is 6.24. The van der Waals surface area contributed by atoms with Crippen LogP contribution < -0.4 is 5.32 Å². The molecular weight excluding hydrogens is 226 g/mol. The van der Waals surface area contributed by atoms with E-state index in [1.54, 1.807) is 0 Å². The number of hydrogen-bond acceptors (Lipinski definition) is 5. The van der Waals surface area contributed by atoms with Crippen molar-refractivity contribution in [1.82, 2.24) is 14.9 Å². The molecule has 1 aromatic heterocycles. The van der Waals surface area contributed by atoms with Gasteiger partial charge in [-0.3, -0.25) is 4.79 Å². The van der Waals surface area contributed by atoms with Gasteiger partial charge in [-0.1, -0.05) is 23.8 Å². The van der Waals surface area contributed by atoms with Crippen LogP contribution in [0.15, 0.2) is 6.20 Å². The van der Waals surface area contributed by atoms with Gasteiger partial charge >= 0.3 is 0 Å². The monoisotopic (exact) mass is 241 g/mol. The number of nitrogens with one attached hydrogen (secondary N) is 1. The van der Waals surface area contributed by atoms with E-state index in [-0.39, 0.29) is 12.5 Å². The molecule has 0 spiro atoms. The third kappa shape index (κ3) is 2.38. The summed E-state index contributed by atoms with van der Waals surface area (Å²) in [5.74, 6) is -0.175. The van der Waals surface area contributed by atoms with Crippen LogP contribution in [0.3, 0.4) is 0 Å². The largest absolute Gasteiger partial charge is 0.394 e. The maximum absolute atomic E-state index is 11.8. The Morgan fingerprint density at radius 3 is 2.81 bits per heavy atom. The average molecular weight is 241 g/mol. The molecule has 2 rings (SSSR count). The summed E-state index contributed by atoms with van der Waals surface area (Å²) in [6, 6.07) is 0. The van der Waals surface area contributed by atoms with Gasteiger partial charge in [-0.15, -0.1) is 5.10 Å². The third-order valence-electron chi connectivity index (χ3n) is 3.08. The summed E-state index contributed by atoms with van der Waals surface area (Å²) in [5.41, 5.74) is -0.431. The van der Waals surface area contributed by atoms with E-state index in [1.165, 1.54) is 12.6 Å². The molecular formula is C10H15N3O2S. The summed E-state index contributed by atoms with van der Waals surface area (Å²) >= 11 is 1.07. The van der Waals surface area contributed by atoms with E-state index in [9.17, 15) is 9.90 Å². The van der Waals surface area contributed by atoms with E-state index in [4.69, 9.17) is 0 Å². The van der Waals surface area contributed by atoms with Crippen LogP contribution in [0.4, 0.5) is 0 Å². The fourth-order valence-corrected chi connectivity index (χ4v) is 2.53. The summed E-state index contributed by atoms with van der Waals surface area (Å²) in [6.07, 6.45) is 6.44. The maximum atomic E-state index is 11.8. The van der Waals surface area contributed by atoms with E-state index in [2.05, 4.69) is 14.9 Å². The summed E-state index contributed by atoms with van der Waals surface area (Å²) in [7, 11) is 0. The van der Waals surface area contributed by atoms with Crippen molar-refractivity contribution in [3.63, 3.8) is 0 Å². The number of hydrogen-bond donors (Lipinski definition) is 2. The zero-order chi connectivity index (χ0) is 11.4. The number of rotatable bonds is 3. The maximum Gasteiger partial charge on any atom is 0.265 e. The minimum Gasteiger partial charge on any atom is -0.394 e. The van der Waals surface area contributed by atoms with Gasteiger partial charge < -0.3 is 10.4 Å². The van der Waals surface area contributed by atoms with Crippen molar-refractivity contribution in [1.29, 1.82) is 0 Å². The summed E-state index contributed by atoms with van der Waals surface area (Å²) in [6.45, 7) is 0.00493. The minimum atomic E-state index is -0.431. The standard InChI is InChI=1S/C10H15N3O2S/c14-7-10(4-2-1-3-5-10)12-9(15)8-6-11-13-16-8/h6,14H,1-5,7H2,(H,12,15). The highest BCUT2D eigenvalue weighted by atomic mass is 32.1. The lowest BCUT2D eigenvalue weighted by atomic mass is 9.82. The molecule has 1 aliphatic carbocycles. The predicted octanol–water partition coefficient (Wildman–Crippen LogP) is 0.963. The van der Waals surface area contributed by atoms with Gasteiger partial charge in [-0.2, -0.15) is 0 Å². The molecule has 5 nitrogen and oxygen atoms in total. The van der Waals surface area contributed by atoms with Crippen molar-refractivity contribution in [3.8, 4) is 0 Å². The molecule has 1 aliphatic rings. The highest BCUT2D eigenvalue weighted by Crippen LogP contribution is 2.28. The van der Waals surface area contributed by atoms with Gasteiger partial charge in [0.15, 0.2) is 0 Å². The third-order valence-corrected chi connectivity index (χ3v) is 3.74. The lowest BCUT2D eigenvalue weighted by molar-refractivity contribution is 0.0762. The second-order valence-corrected chi connectivity index (χ2v) is 5.02. The van der Waals surface area contributed by atoms with Crippen LogP contribution in [0.1, 0.15) is 41.8 Å². The van der Waals surface area contributed by atoms with E-state index >= 15 is 0 Å². The molecule has 0 aliphatic heterocycles. The highest BCUT2D eigenvalue weighted by molar-refractivity contribution is 7.07. The number of aliphatic hydroxyl groups excluding tert-OH is 1. The summed E-state index contributed by atoms with van der Waals surface area (Å²) in [5, 5.41) is 16.0. The molecule has 0 radical (unpaired) electrons. The minimum absolute atomic E-state index is 0.00493. The zero-order valence-corrected chi connectivity index (χ0v) is 9.79. The second-order valence-electron chi connectivity index (χ2n) is 4.23. The number of aliphatic hydroxyl groups is 1. The first kappa shape index (κ1) is 11.5. The number of nitrogens with zero attached hydrogens (tertiary/aromatic N) is 2. The van der Waals surface area contributed by atoms with Gasteiger partial charge in [0.2, 0.25) is 0 Å². The molecule has 2 N–H and O–H groups in total. The van der Waals surface area contributed by atoms with Crippen molar-refractivity contribution in [3.05, 3.63) is 11.1 Å². The van der Waals surface area contributed by atoms with Crippen LogP contribution >= 0.6 is 11.5 Å². The smallest absolute Gasteiger partial charge is 0.265 e. The molecule has 16 heavy (non-hydrogen) atoms. The predicted molar refractivity (Wildman–Crippen MR) is 60.3 cm³/mol. The van der Waals surface area contributed by atoms with Crippen molar-refractivity contribution in [2.45, 2.75) is 37.6 Å². The molecule has 1 heterocycles. The van der Waals surface area contributed by atoms with Gasteiger partial charge in [0.1, 0.15) is 4.88 Å². The van der Waals surface area contributed by atoms with Crippen molar-refractivity contribution < 1.29 is 9.90 Å². The second kappa shape index (κ2) is 4.88. The van der Waals surface area contributed by atoms with E-state index in [0.717, 1.165) is 37.2 Å². The number of carbonyl (C=O) groups is 1. The number of aromatic nitrogens is 2. The zero-order valence-electron chi connectivity index (χ0n) is 8.98. The highest BCUT2D eigenvalue weighted by Gasteiger charge is 2.33. The van der Waals surface area contributed by atoms with Crippen LogP contribution in [0.2, 0.25) is 0 Å². The van der Waals surface area contributed by atoms with Gasteiger partial charge in [-0.25, -0.2) is 0 Å². The van der Waals surface area contributed by atoms with Crippen molar-refractivity contribution in [2.75, 3.05) is 6.61 Å². The van der Waals surface area contributed by atoms with E-state index < -0.39 is 5.54 Å². The molecule has 0 atom stereocenters. The first-order valence-electron chi connectivity index (χ1n) is 5.46. The van der Waals surface area contributed by atoms with Gasteiger partial charge in [0.05, 0.1) is 18.3 Å². The molecule has 1 saturated carbocycles. The van der Waals surface area contributed by atoms with E-state index in [1.807, 2.05) is 0 Å². The van der Waals surface area contributed by atoms with Crippen LogP contribution in [-0.2, 0) is 0 Å². The summed E-state index contributed by atoms with van der Waals surface area (Å²) < 4.78 is 3.65. The molecule has 88 valence electrons. The number of amides is 1. The lowest BCUT2D eigenvalue weighted by Crippen LogP contribution is -2.52. The topological polar surface area (TPSA) is 75.1 Å². The Kier molecular flexibility index (Phi) is 3.50. The quantitative estimate of drug-likeness (QED) is 0.826. The Labute approximate surface area is 98.0 Å². The Bertz CT molecular complexity index is 347. The fraction of sp³-hybridized carbons (Fsp3) is 0.700. The normalized spacial score (nSPS) is 19.3. The Balaban J connectivity index is 2.03. The van der Waals surface area contributed by atoms with Gasteiger partial charge in [0, 0.05) is 0 Å². The molecule has 1 amide bonds. The van der Waals surface area contributed by atoms with Gasteiger partial charge in [-0.05, 0) is 24.4 Å². The molecule has 0 aromatic carbocycles. The first-order chi connectivity index (χ1) is 7.76. The van der Waals surface area contributed by atoms with Crippen LogP contribution in [-0.4, -0.2) is 32.7 Å². The molecule has 0 saturated heterocycles. The van der Waals surface area contributed by atoms with Crippen molar-refractivity contribution in [2.24, 2.45) is 0 Å². The molecule has 1 fully saturated rings. The number of carbonyl (C=O) groups excluding carboxylic acids is 1. The SMILES string of the molecule is O=C(NC1(CO)CCCCC1)c1cnns1. The molecule has 0 bridgehead atoms.